The molecule has 9 aromatic carbocycles. The van der Waals surface area contributed by atoms with Gasteiger partial charge in [-0.3, -0.25) is 0 Å². The van der Waals surface area contributed by atoms with Crippen LogP contribution in [-0.4, -0.2) is 9.13 Å². The van der Waals surface area contributed by atoms with E-state index in [2.05, 4.69) is 85.6 Å². The van der Waals surface area contributed by atoms with E-state index < -0.39 is 11.7 Å². The second-order valence-electron chi connectivity index (χ2n) is 16.6. The summed E-state index contributed by atoms with van der Waals surface area (Å²) in [5.41, 5.74) is 13.0. The summed E-state index contributed by atoms with van der Waals surface area (Å²) >= 11 is 0. The van der Waals surface area contributed by atoms with E-state index in [0.29, 0.717) is 44.8 Å². The van der Waals surface area contributed by atoms with Crippen LogP contribution in [0.1, 0.15) is 16.7 Å². The molecule has 0 aliphatic rings. The molecular formula is C59H34F3N5. The van der Waals surface area contributed by atoms with Crippen LogP contribution >= 0.6 is 0 Å². The zero-order chi connectivity index (χ0) is 46.0. The van der Waals surface area contributed by atoms with Crippen molar-refractivity contribution in [3.8, 4) is 62.0 Å². The molecule has 0 unspecified atom stereocenters. The number of fused-ring (bicyclic) bond motifs is 6. The number of alkyl halides is 3. The van der Waals surface area contributed by atoms with Crippen LogP contribution in [0.25, 0.3) is 109 Å². The highest BCUT2D eigenvalue weighted by atomic mass is 19.4. The van der Waals surface area contributed by atoms with E-state index in [4.69, 9.17) is 13.1 Å². The van der Waals surface area contributed by atoms with Gasteiger partial charge in [-0.05, 0) is 136 Å². The Morgan fingerprint density at radius 3 is 1.69 bits per heavy atom. The Labute approximate surface area is 383 Å². The van der Waals surface area contributed by atoms with Gasteiger partial charge in [0.05, 0.1) is 58.1 Å². The average Bonchev–Trinajstić information content (AvgIpc) is 3.87. The summed E-state index contributed by atoms with van der Waals surface area (Å²) in [7, 11) is 0. The zero-order valence-electron chi connectivity index (χ0n) is 35.8. The van der Waals surface area contributed by atoms with Crippen molar-refractivity contribution in [3.63, 3.8) is 0 Å². The maximum atomic E-state index is 14.0. The lowest BCUT2D eigenvalue weighted by Gasteiger charge is -2.21. The fraction of sp³-hybridized carbons (Fsp3) is 0.0339. The normalized spacial score (nSPS) is 11.5. The van der Waals surface area contributed by atoms with Crippen LogP contribution in [0.5, 0.6) is 0 Å². The Hall–Kier alpha value is -9.16. The van der Waals surface area contributed by atoms with Crippen LogP contribution in [0.2, 0.25) is 0 Å². The molecule has 5 nitrogen and oxygen atoms in total. The van der Waals surface area contributed by atoms with E-state index in [9.17, 15) is 18.4 Å². The molecule has 0 aliphatic heterocycles. The summed E-state index contributed by atoms with van der Waals surface area (Å²) in [6.07, 6.45) is -4.50. The van der Waals surface area contributed by atoms with Crippen LogP contribution < -0.4 is 0 Å². The SMILES string of the molecule is [C-]#[N+]c1cccc(-c2ccc3c(c2)c2ccccc2n3-c2ccc(-c3ccc(C(F)(F)F)cc3C)cc2-c2c([N+]#[C-])cccc2-n2c3ccccc3c3cc(-c4cccc(C#N)c4)ccc32)c1. The van der Waals surface area contributed by atoms with Gasteiger partial charge < -0.3 is 9.13 Å². The van der Waals surface area contributed by atoms with E-state index in [1.54, 1.807) is 19.1 Å². The van der Waals surface area contributed by atoms with Gasteiger partial charge in [0.15, 0.2) is 11.4 Å². The largest absolute Gasteiger partial charge is 0.416 e. The minimum Gasteiger partial charge on any atom is -0.310 e. The Morgan fingerprint density at radius 2 is 1.06 bits per heavy atom. The molecular weight excluding hydrogens is 836 g/mol. The van der Waals surface area contributed by atoms with Crippen molar-refractivity contribution < 1.29 is 13.2 Å². The van der Waals surface area contributed by atoms with Crippen LogP contribution in [0.15, 0.2) is 188 Å². The van der Waals surface area contributed by atoms with Crippen molar-refractivity contribution in [3.05, 3.63) is 228 Å². The average molecular weight is 870 g/mol. The summed E-state index contributed by atoms with van der Waals surface area (Å²) in [5.74, 6) is 0. The topological polar surface area (TPSA) is 42.4 Å². The highest BCUT2D eigenvalue weighted by Crippen LogP contribution is 2.47. The van der Waals surface area contributed by atoms with E-state index in [0.717, 1.165) is 83.3 Å². The van der Waals surface area contributed by atoms with Crippen molar-refractivity contribution in [2.24, 2.45) is 0 Å². The number of nitriles is 1. The number of hydrogen-bond acceptors (Lipinski definition) is 1. The molecule has 11 aromatic rings. The number of benzene rings is 9. The zero-order valence-corrected chi connectivity index (χ0v) is 35.8. The molecule has 0 aliphatic carbocycles. The van der Waals surface area contributed by atoms with Gasteiger partial charge in [0.1, 0.15) is 0 Å². The molecule has 0 saturated heterocycles. The second kappa shape index (κ2) is 15.8. The maximum absolute atomic E-state index is 14.0. The third-order valence-corrected chi connectivity index (χ3v) is 12.7. The lowest BCUT2D eigenvalue weighted by molar-refractivity contribution is -0.137. The molecule has 316 valence electrons. The smallest absolute Gasteiger partial charge is 0.310 e. The monoisotopic (exact) mass is 869 g/mol. The molecule has 0 atom stereocenters. The van der Waals surface area contributed by atoms with Crippen molar-refractivity contribution in [2.45, 2.75) is 13.1 Å². The molecule has 0 amide bonds. The number of nitrogens with zero attached hydrogens (tertiary/aromatic N) is 5. The molecule has 2 heterocycles. The first-order chi connectivity index (χ1) is 32.6. The predicted molar refractivity (Wildman–Crippen MR) is 264 cm³/mol. The molecule has 2 aromatic heterocycles. The van der Waals surface area contributed by atoms with Crippen molar-refractivity contribution in [1.29, 1.82) is 5.26 Å². The first-order valence-corrected chi connectivity index (χ1v) is 21.5. The van der Waals surface area contributed by atoms with E-state index in [-0.39, 0.29) is 0 Å². The quantitative estimate of drug-likeness (QED) is 0.154. The minimum atomic E-state index is -4.50. The van der Waals surface area contributed by atoms with Gasteiger partial charge in [0, 0.05) is 32.8 Å². The first-order valence-electron chi connectivity index (χ1n) is 21.5. The number of aromatic nitrogens is 2. The molecule has 0 radical (unpaired) electrons. The Bertz CT molecular complexity index is 3980. The lowest BCUT2D eigenvalue weighted by atomic mass is 9.92. The number of para-hydroxylation sites is 2. The Balaban J connectivity index is 1.21. The third-order valence-electron chi connectivity index (χ3n) is 12.7. The first kappa shape index (κ1) is 40.6. The fourth-order valence-corrected chi connectivity index (χ4v) is 9.69. The van der Waals surface area contributed by atoms with E-state index >= 15 is 0 Å². The van der Waals surface area contributed by atoms with E-state index in [1.807, 2.05) is 97.1 Å². The summed E-state index contributed by atoms with van der Waals surface area (Å²) in [6.45, 7) is 18.0. The predicted octanol–water partition coefficient (Wildman–Crippen LogP) is 16.8. The highest BCUT2D eigenvalue weighted by Gasteiger charge is 2.31. The molecule has 0 bridgehead atoms. The van der Waals surface area contributed by atoms with Gasteiger partial charge in [-0.2, -0.15) is 18.4 Å². The van der Waals surface area contributed by atoms with Crippen LogP contribution in [0, 0.1) is 31.4 Å². The van der Waals surface area contributed by atoms with Gasteiger partial charge >= 0.3 is 6.18 Å². The van der Waals surface area contributed by atoms with Gasteiger partial charge in [-0.25, -0.2) is 9.69 Å². The molecule has 8 heteroatoms. The standard InChI is InChI=1S/C59H34F3N5/c1-36-29-43(59(60,61)62)24-25-45(36)42-23-28-56(66-52-18-6-4-15-46(52)48-33-41(22-26-54(48)66)39-13-9-14-44(31-39)64-2)50(34-42)58-51(65-3)17-10-20-57(58)67-53-19-7-5-16-47(53)49-32-40(21-27-55(49)67)38-12-8-11-37(30-38)35-63/h4-34H,1H3. The van der Waals surface area contributed by atoms with Crippen molar-refractivity contribution >= 4 is 55.0 Å². The highest BCUT2D eigenvalue weighted by molar-refractivity contribution is 6.13. The summed E-state index contributed by atoms with van der Waals surface area (Å²) in [6, 6.07) is 61.8. The number of hydrogen-bond donors (Lipinski definition) is 0. The lowest BCUT2D eigenvalue weighted by Crippen LogP contribution is -2.05. The summed E-state index contributed by atoms with van der Waals surface area (Å²) < 4.78 is 46.3. The Morgan fingerprint density at radius 1 is 0.478 bits per heavy atom. The van der Waals surface area contributed by atoms with E-state index in [1.165, 1.54) is 12.1 Å². The van der Waals surface area contributed by atoms with Gasteiger partial charge in [-0.1, -0.05) is 103 Å². The summed E-state index contributed by atoms with van der Waals surface area (Å²) in [4.78, 5) is 7.83. The number of halogens is 3. The van der Waals surface area contributed by atoms with Crippen LogP contribution in [0.4, 0.5) is 24.5 Å². The molecule has 67 heavy (non-hydrogen) atoms. The van der Waals surface area contributed by atoms with Crippen LogP contribution in [0.3, 0.4) is 0 Å². The van der Waals surface area contributed by atoms with Gasteiger partial charge in [0.25, 0.3) is 0 Å². The second-order valence-corrected chi connectivity index (χ2v) is 16.6. The molecule has 0 saturated carbocycles. The van der Waals surface area contributed by atoms with Crippen molar-refractivity contribution in [1.82, 2.24) is 9.13 Å². The third kappa shape index (κ3) is 6.78. The molecule has 0 fully saturated rings. The molecule has 11 rings (SSSR count). The number of rotatable bonds is 6. The number of aryl methyl sites for hydroxylation is 1. The van der Waals surface area contributed by atoms with Gasteiger partial charge in [-0.15, -0.1) is 0 Å². The maximum Gasteiger partial charge on any atom is 0.416 e. The fourth-order valence-electron chi connectivity index (χ4n) is 9.69. The Kier molecular flexibility index (Phi) is 9.59. The summed E-state index contributed by atoms with van der Waals surface area (Å²) in [5, 5.41) is 13.7. The molecule has 0 N–H and O–H groups in total. The van der Waals surface area contributed by atoms with Crippen molar-refractivity contribution in [2.75, 3.05) is 0 Å². The minimum absolute atomic E-state index is 0.402. The van der Waals surface area contributed by atoms with Gasteiger partial charge in [0.2, 0.25) is 0 Å². The van der Waals surface area contributed by atoms with Crippen LogP contribution in [-0.2, 0) is 6.18 Å². The molecule has 0 spiro atoms.